The minimum Gasteiger partial charge on any atom is -0.352 e. The van der Waals surface area contributed by atoms with Crippen LogP contribution in [0, 0.1) is 5.92 Å². The van der Waals surface area contributed by atoms with Crippen molar-refractivity contribution in [1.29, 1.82) is 0 Å². The van der Waals surface area contributed by atoms with Crippen molar-refractivity contribution in [1.82, 2.24) is 10.6 Å². The highest BCUT2D eigenvalue weighted by molar-refractivity contribution is 5.80. The van der Waals surface area contributed by atoms with Crippen molar-refractivity contribution in [3.05, 3.63) is 35.4 Å². The van der Waals surface area contributed by atoms with E-state index in [9.17, 15) is 4.79 Å². The third-order valence-electron chi connectivity index (χ3n) is 4.07. The molecule has 3 rings (SSSR count). The van der Waals surface area contributed by atoms with E-state index in [-0.39, 0.29) is 11.8 Å². The Balaban J connectivity index is 1.58. The number of nitrogens with one attached hydrogen (secondary N) is 2. The third-order valence-corrected chi connectivity index (χ3v) is 4.07. The largest absolute Gasteiger partial charge is 0.352 e. The molecule has 2 aliphatic rings. The lowest BCUT2D eigenvalue weighted by atomic mass is 10.0. The molecule has 0 spiro atoms. The molecule has 1 aliphatic heterocycles. The van der Waals surface area contributed by atoms with Gasteiger partial charge in [0.1, 0.15) is 0 Å². The van der Waals surface area contributed by atoms with Crippen molar-refractivity contribution in [2.75, 3.05) is 13.1 Å². The second-order valence-electron chi connectivity index (χ2n) is 5.43. The van der Waals surface area contributed by atoms with E-state index in [0.717, 1.165) is 38.8 Å². The van der Waals surface area contributed by atoms with Gasteiger partial charge in [0.15, 0.2) is 0 Å². The summed E-state index contributed by atoms with van der Waals surface area (Å²) in [6.07, 6.45) is 4.08. The maximum absolute atomic E-state index is 12.2. The standard InChI is InChI=1S/C15H20N2O/c18-15(17-14-6-3-7-16-10-14)13-8-11-4-1-2-5-12(11)9-13/h1-2,4-5,13-14,16H,3,6-10H2,(H,17,18). The first-order chi connectivity index (χ1) is 8.83. The fourth-order valence-corrected chi connectivity index (χ4v) is 3.04. The highest BCUT2D eigenvalue weighted by atomic mass is 16.1. The SMILES string of the molecule is O=C(NC1CCCNC1)C1Cc2ccccc2C1. The van der Waals surface area contributed by atoms with Crippen LogP contribution in [0.15, 0.2) is 24.3 Å². The average molecular weight is 244 g/mol. The van der Waals surface area contributed by atoms with E-state index < -0.39 is 0 Å². The summed E-state index contributed by atoms with van der Waals surface area (Å²) < 4.78 is 0. The van der Waals surface area contributed by atoms with Crippen molar-refractivity contribution in [3.8, 4) is 0 Å². The maximum Gasteiger partial charge on any atom is 0.224 e. The molecule has 1 fully saturated rings. The molecular formula is C15H20N2O. The highest BCUT2D eigenvalue weighted by Gasteiger charge is 2.28. The number of fused-ring (bicyclic) bond motifs is 1. The topological polar surface area (TPSA) is 41.1 Å². The zero-order valence-electron chi connectivity index (χ0n) is 10.6. The second-order valence-corrected chi connectivity index (χ2v) is 5.43. The molecule has 0 bridgehead atoms. The average Bonchev–Trinajstić information content (AvgIpc) is 2.84. The van der Waals surface area contributed by atoms with Crippen LogP contribution in [0.2, 0.25) is 0 Å². The van der Waals surface area contributed by atoms with E-state index in [4.69, 9.17) is 0 Å². The molecule has 96 valence electrons. The molecule has 1 atom stereocenters. The van der Waals surface area contributed by atoms with Gasteiger partial charge in [0.2, 0.25) is 5.91 Å². The lowest BCUT2D eigenvalue weighted by Crippen LogP contribution is -2.47. The van der Waals surface area contributed by atoms with Gasteiger partial charge in [-0.25, -0.2) is 0 Å². The Morgan fingerprint density at radius 1 is 1.22 bits per heavy atom. The molecular weight excluding hydrogens is 224 g/mol. The molecule has 1 heterocycles. The van der Waals surface area contributed by atoms with Crippen LogP contribution in [0.1, 0.15) is 24.0 Å². The fraction of sp³-hybridized carbons (Fsp3) is 0.533. The Morgan fingerprint density at radius 3 is 2.56 bits per heavy atom. The quantitative estimate of drug-likeness (QED) is 0.822. The minimum atomic E-state index is 0.143. The number of hydrogen-bond donors (Lipinski definition) is 2. The summed E-state index contributed by atoms with van der Waals surface area (Å²) in [7, 11) is 0. The molecule has 1 aromatic rings. The second kappa shape index (κ2) is 5.11. The van der Waals surface area contributed by atoms with E-state index in [1.807, 2.05) is 0 Å². The van der Waals surface area contributed by atoms with Gasteiger partial charge in [0.25, 0.3) is 0 Å². The van der Waals surface area contributed by atoms with Crippen molar-refractivity contribution >= 4 is 5.91 Å². The van der Waals surface area contributed by atoms with Gasteiger partial charge in [0, 0.05) is 18.5 Å². The van der Waals surface area contributed by atoms with Gasteiger partial charge in [-0.05, 0) is 43.4 Å². The normalized spacial score (nSPS) is 23.7. The Hall–Kier alpha value is -1.35. The minimum absolute atomic E-state index is 0.143. The summed E-state index contributed by atoms with van der Waals surface area (Å²) >= 11 is 0. The first-order valence-corrected chi connectivity index (χ1v) is 6.91. The lowest BCUT2D eigenvalue weighted by Gasteiger charge is -2.25. The van der Waals surface area contributed by atoms with Gasteiger partial charge in [0.05, 0.1) is 0 Å². The van der Waals surface area contributed by atoms with Gasteiger partial charge in [-0.15, -0.1) is 0 Å². The number of benzene rings is 1. The van der Waals surface area contributed by atoms with Gasteiger partial charge in [-0.2, -0.15) is 0 Å². The molecule has 0 radical (unpaired) electrons. The molecule has 0 saturated carbocycles. The first kappa shape index (κ1) is 11.7. The maximum atomic E-state index is 12.2. The van der Waals surface area contributed by atoms with Gasteiger partial charge < -0.3 is 10.6 Å². The van der Waals surface area contributed by atoms with E-state index in [1.54, 1.807) is 0 Å². The zero-order valence-corrected chi connectivity index (χ0v) is 10.6. The van der Waals surface area contributed by atoms with E-state index in [0.29, 0.717) is 6.04 Å². The molecule has 1 aromatic carbocycles. The zero-order chi connectivity index (χ0) is 12.4. The van der Waals surface area contributed by atoms with Crippen molar-refractivity contribution in [2.45, 2.75) is 31.7 Å². The number of piperidine rings is 1. The van der Waals surface area contributed by atoms with Gasteiger partial charge >= 0.3 is 0 Å². The Morgan fingerprint density at radius 2 is 1.94 bits per heavy atom. The summed E-state index contributed by atoms with van der Waals surface area (Å²) in [6.45, 7) is 2.01. The number of carbonyl (C=O) groups excluding carboxylic acids is 1. The predicted molar refractivity (Wildman–Crippen MR) is 71.4 cm³/mol. The van der Waals surface area contributed by atoms with E-state index in [2.05, 4.69) is 34.9 Å². The van der Waals surface area contributed by atoms with Crippen molar-refractivity contribution in [3.63, 3.8) is 0 Å². The summed E-state index contributed by atoms with van der Waals surface area (Å²) in [4.78, 5) is 12.2. The molecule has 3 heteroatoms. The molecule has 3 nitrogen and oxygen atoms in total. The number of carbonyl (C=O) groups is 1. The number of rotatable bonds is 2. The first-order valence-electron chi connectivity index (χ1n) is 6.91. The molecule has 1 amide bonds. The number of amides is 1. The van der Waals surface area contributed by atoms with Crippen LogP contribution in [-0.4, -0.2) is 25.0 Å². The Kier molecular flexibility index (Phi) is 3.33. The van der Waals surface area contributed by atoms with Gasteiger partial charge in [-0.3, -0.25) is 4.79 Å². The van der Waals surface area contributed by atoms with Crippen LogP contribution >= 0.6 is 0 Å². The molecule has 1 saturated heterocycles. The van der Waals surface area contributed by atoms with Crippen LogP contribution in [0.3, 0.4) is 0 Å². The Bertz CT molecular complexity index is 413. The van der Waals surface area contributed by atoms with Crippen LogP contribution in [0.5, 0.6) is 0 Å². The lowest BCUT2D eigenvalue weighted by molar-refractivity contribution is -0.125. The number of hydrogen-bond acceptors (Lipinski definition) is 2. The monoisotopic (exact) mass is 244 g/mol. The van der Waals surface area contributed by atoms with E-state index >= 15 is 0 Å². The predicted octanol–water partition coefficient (Wildman–Crippen LogP) is 1.27. The Labute approximate surface area is 108 Å². The highest BCUT2D eigenvalue weighted by Crippen LogP contribution is 2.26. The fourth-order valence-electron chi connectivity index (χ4n) is 3.04. The van der Waals surface area contributed by atoms with Crippen LogP contribution in [0.4, 0.5) is 0 Å². The smallest absolute Gasteiger partial charge is 0.224 e. The third kappa shape index (κ3) is 2.41. The van der Waals surface area contributed by atoms with Gasteiger partial charge in [-0.1, -0.05) is 24.3 Å². The summed E-state index contributed by atoms with van der Waals surface area (Å²) in [5.41, 5.74) is 2.69. The van der Waals surface area contributed by atoms with Crippen LogP contribution in [-0.2, 0) is 17.6 Å². The van der Waals surface area contributed by atoms with E-state index in [1.165, 1.54) is 11.1 Å². The summed E-state index contributed by atoms with van der Waals surface area (Å²) in [5, 5.41) is 6.53. The van der Waals surface area contributed by atoms with Crippen molar-refractivity contribution < 1.29 is 4.79 Å². The summed E-state index contributed by atoms with van der Waals surface area (Å²) in [6, 6.07) is 8.74. The molecule has 2 N–H and O–H groups in total. The molecule has 18 heavy (non-hydrogen) atoms. The molecule has 0 aromatic heterocycles. The van der Waals surface area contributed by atoms with Crippen LogP contribution in [0.25, 0.3) is 0 Å². The molecule has 1 aliphatic carbocycles. The van der Waals surface area contributed by atoms with Crippen LogP contribution < -0.4 is 10.6 Å². The van der Waals surface area contributed by atoms with Crippen molar-refractivity contribution in [2.24, 2.45) is 5.92 Å². The summed E-state index contributed by atoms with van der Waals surface area (Å²) in [5.74, 6) is 0.379. The molecule has 1 unspecified atom stereocenters.